The van der Waals surface area contributed by atoms with Crippen LogP contribution in [0.3, 0.4) is 0 Å². The van der Waals surface area contributed by atoms with Gasteiger partial charge in [0.1, 0.15) is 67.1 Å². The molecule has 0 aromatic carbocycles. The number of ether oxygens (including phenoxy) is 6. The smallest absolute Gasteiger partial charge is 0.364 e. The molecule has 0 aromatic heterocycles. The van der Waals surface area contributed by atoms with E-state index in [0.29, 0.717) is 12.8 Å². The highest BCUT2D eigenvalue weighted by atomic mass is 16.8. The molecule has 3 rings (SSSR count). The number of nitrogens with one attached hydrogen (secondary N) is 2. The van der Waals surface area contributed by atoms with Gasteiger partial charge in [0.15, 0.2) is 12.6 Å². The maximum absolute atomic E-state index is 13.4. The van der Waals surface area contributed by atoms with Crippen LogP contribution in [0.4, 0.5) is 0 Å². The van der Waals surface area contributed by atoms with Gasteiger partial charge >= 0.3 is 5.97 Å². The number of hydrogen-bond donors (Lipinski definition) is 14. The average molecular weight is 1220 g/mol. The second-order valence-corrected chi connectivity index (χ2v) is 24.0. The predicted molar refractivity (Wildman–Crippen MR) is 315 cm³/mol. The Kier molecular flexibility index (Phi) is 39.7. The van der Waals surface area contributed by atoms with E-state index in [1.54, 1.807) is 6.08 Å². The quantitative estimate of drug-likeness (QED) is 0.0298. The molecule has 3 heterocycles. The molecular weight excluding hydrogens is 1110 g/mol. The fourth-order valence-electron chi connectivity index (χ4n) is 11.5. The first-order chi connectivity index (χ1) is 40.9. The number of carbonyl (C=O) groups is 3. The van der Waals surface area contributed by atoms with E-state index in [4.69, 9.17) is 28.4 Å². The molecule has 85 heavy (non-hydrogen) atoms. The fraction of sp³-hybridized carbons (Fsp3) is 0.919. The van der Waals surface area contributed by atoms with Crippen molar-refractivity contribution in [3.63, 3.8) is 0 Å². The highest BCUT2D eigenvalue weighted by Gasteiger charge is 2.60. The van der Waals surface area contributed by atoms with Gasteiger partial charge in [-0.1, -0.05) is 199 Å². The van der Waals surface area contributed by atoms with Gasteiger partial charge in [0.05, 0.1) is 50.7 Å². The van der Waals surface area contributed by atoms with Gasteiger partial charge in [0.25, 0.3) is 5.79 Å². The molecule has 0 radical (unpaired) electrons. The molecule has 18 atom stereocenters. The van der Waals surface area contributed by atoms with Crippen molar-refractivity contribution >= 4 is 17.8 Å². The van der Waals surface area contributed by atoms with Crippen molar-refractivity contribution in [1.82, 2.24) is 10.6 Å². The number of rotatable bonds is 48. The lowest BCUT2D eigenvalue weighted by atomic mass is 9.88. The third-order valence-electron chi connectivity index (χ3n) is 16.7. The molecule has 23 heteroatoms. The number of carboxylic acids is 1. The van der Waals surface area contributed by atoms with Crippen molar-refractivity contribution in [2.45, 2.75) is 336 Å². The van der Waals surface area contributed by atoms with Crippen LogP contribution in [-0.4, -0.2) is 215 Å². The molecule has 3 fully saturated rings. The summed E-state index contributed by atoms with van der Waals surface area (Å²) < 4.78 is 34.7. The zero-order valence-electron chi connectivity index (χ0n) is 51.5. The first-order valence-corrected chi connectivity index (χ1v) is 32.6. The van der Waals surface area contributed by atoms with E-state index < -0.39 is 155 Å². The first kappa shape index (κ1) is 76.7. The highest BCUT2D eigenvalue weighted by molar-refractivity contribution is 5.77. The second kappa shape index (κ2) is 44.0. The van der Waals surface area contributed by atoms with E-state index in [1.807, 2.05) is 6.08 Å². The molecule has 2 amide bonds. The molecule has 18 unspecified atom stereocenters. The molecule has 23 nitrogen and oxygen atoms in total. The Morgan fingerprint density at radius 2 is 1.09 bits per heavy atom. The standard InChI is InChI=1S/C62H114N2O21/c1-4-6-8-10-12-14-16-18-20-21-22-24-26-28-30-32-34-36-49(72)64-43(44(69)35-33-31-29-27-25-23-19-17-15-13-11-9-7-5-2)41-80-59-54(76)53(75)56(48(40-67)82-59)83-60-55(77)58(52(74)47(39-66)81-60)85-62(61(78)79)37-45(70)50(63-42(3)68)57(84-62)51(73)46(71)38-65/h33,35,43-48,50-60,65-67,69-71,73-77H,4-32,34,36-41H2,1-3H3,(H,63,68)(H,64,72)(H,78,79)/b35-33+. The number of hydrogen-bond acceptors (Lipinski definition) is 20. The third-order valence-corrected chi connectivity index (χ3v) is 16.7. The summed E-state index contributed by atoms with van der Waals surface area (Å²) in [5.41, 5.74) is 0. The van der Waals surface area contributed by atoms with Gasteiger partial charge in [-0.25, -0.2) is 4.79 Å². The van der Waals surface area contributed by atoms with Crippen molar-refractivity contribution in [3.05, 3.63) is 12.2 Å². The minimum absolute atomic E-state index is 0.205. The summed E-state index contributed by atoms with van der Waals surface area (Å²) in [5.74, 6) is -6.14. The summed E-state index contributed by atoms with van der Waals surface area (Å²) in [6.45, 7) is 2.12. The van der Waals surface area contributed by atoms with Gasteiger partial charge in [-0.15, -0.1) is 0 Å². The van der Waals surface area contributed by atoms with Crippen LogP contribution in [0.1, 0.15) is 226 Å². The molecule has 3 saturated heterocycles. The summed E-state index contributed by atoms with van der Waals surface area (Å²) in [4.78, 5) is 38.4. The number of carbonyl (C=O) groups excluding carboxylic acids is 2. The predicted octanol–water partition coefficient (Wildman–Crippen LogP) is 4.34. The number of allylic oxidation sites excluding steroid dienone is 1. The minimum atomic E-state index is -3.08. The molecule has 0 spiro atoms. The Morgan fingerprint density at radius 1 is 0.612 bits per heavy atom. The van der Waals surface area contributed by atoms with Crippen molar-refractivity contribution < 1.29 is 104 Å². The molecule has 3 aliphatic heterocycles. The third kappa shape index (κ3) is 27.6. The van der Waals surface area contributed by atoms with Gasteiger partial charge in [-0.3, -0.25) is 9.59 Å². The first-order valence-electron chi connectivity index (χ1n) is 32.6. The Balaban J connectivity index is 1.64. The summed E-state index contributed by atoms with van der Waals surface area (Å²) >= 11 is 0. The Labute approximate surface area is 505 Å². The number of carboxylic acid groups (broad SMARTS) is 1. The lowest BCUT2D eigenvalue weighted by Gasteiger charge is -2.50. The Bertz CT molecular complexity index is 1790. The molecule has 3 aliphatic rings. The number of amides is 2. The second-order valence-electron chi connectivity index (χ2n) is 24.0. The monoisotopic (exact) mass is 1220 g/mol. The average Bonchev–Trinajstić information content (AvgIpc) is 1.29. The van der Waals surface area contributed by atoms with Crippen molar-refractivity contribution in [2.24, 2.45) is 0 Å². The molecule has 14 N–H and O–H groups in total. The van der Waals surface area contributed by atoms with E-state index in [2.05, 4.69) is 24.5 Å². The van der Waals surface area contributed by atoms with Crippen LogP contribution < -0.4 is 10.6 Å². The van der Waals surface area contributed by atoms with Gasteiger partial charge in [0.2, 0.25) is 11.8 Å². The van der Waals surface area contributed by atoms with Gasteiger partial charge in [0, 0.05) is 19.8 Å². The van der Waals surface area contributed by atoms with Crippen molar-refractivity contribution in [3.8, 4) is 0 Å². The zero-order chi connectivity index (χ0) is 62.6. The largest absolute Gasteiger partial charge is 0.477 e. The fourth-order valence-corrected chi connectivity index (χ4v) is 11.5. The van der Waals surface area contributed by atoms with Crippen LogP contribution in [0.5, 0.6) is 0 Å². The molecular formula is C62H114N2O21. The SMILES string of the molecule is CCCCCCCCCCCCCC/C=C/C(O)C(COC1OC(CO)C(OC2OC(CO)C(O)C(OC3(C(=O)O)CC(O)C(NC(C)=O)C(C(O)C(O)CO)O3)C2O)C(O)C1O)NC(=O)CCCCCCCCCCCCCCCCCCC. The maximum atomic E-state index is 13.4. The lowest BCUT2D eigenvalue weighted by molar-refractivity contribution is -0.386. The van der Waals surface area contributed by atoms with E-state index in [9.17, 15) is 75.7 Å². The molecule has 0 aliphatic carbocycles. The van der Waals surface area contributed by atoms with Crippen LogP contribution >= 0.6 is 0 Å². The topological polar surface area (TPSA) is 373 Å². The minimum Gasteiger partial charge on any atom is -0.477 e. The highest BCUT2D eigenvalue weighted by Crippen LogP contribution is 2.38. The maximum Gasteiger partial charge on any atom is 0.364 e. The summed E-state index contributed by atoms with van der Waals surface area (Å²) in [5, 5.41) is 136. The van der Waals surface area contributed by atoms with Gasteiger partial charge in [-0.05, 0) is 19.3 Å². The van der Waals surface area contributed by atoms with E-state index in [-0.39, 0.29) is 12.3 Å². The number of unbranched alkanes of at least 4 members (excludes halogenated alkanes) is 28. The van der Waals surface area contributed by atoms with Crippen LogP contribution in [0.15, 0.2) is 12.2 Å². The van der Waals surface area contributed by atoms with Crippen LogP contribution in [0, 0.1) is 0 Å². The Hall–Kier alpha value is -2.53. The number of aliphatic hydroxyl groups excluding tert-OH is 11. The van der Waals surface area contributed by atoms with E-state index >= 15 is 0 Å². The summed E-state index contributed by atoms with van der Waals surface area (Å²) in [7, 11) is 0. The van der Waals surface area contributed by atoms with Gasteiger partial charge in [-0.2, -0.15) is 0 Å². The number of aliphatic hydroxyl groups is 11. The molecule has 0 bridgehead atoms. The normalized spacial score (nSPS) is 29.6. The van der Waals surface area contributed by atoms with Crippen LogP contribution in [0.25, 0.3) is 0 Å². The van der Waals surface area contributed by atoms with Gasteiger partial charge < -0.3 is 100 Å². The molecule has 0 saturated carbocycles. The van der Waals surface area contributed by atoms with Crippen molar-refractivity contribution in [1.29, 1.82) is 0 Å². The van der Waals surface area contributed by atoms with E-state index in [0.717, 1.165) is 51.9 Å². The van der Waals surface area contributed by atoms with Crippen LogP contribution in [-0.2, 0) is 42.8 Å². The molecule has 498 valence electrons. The lowest BCUT2D eigenvalue weighted by Crippen LogP contribution is -2.70. The van der Waals surface area contributed by atoms with Crippen LogP contribution in [0.2, 0.25) is 0 Å². The number of aliphatic carboxylic acids is 1. The zero-order valence-corrected chi connectivity index (χ0v) is 51.5. The van der Waals surface area contributed by atoms with Crippen molar-refractivity contribution in [2.75, 3.05) is 26.4 Å². The van der Waals surface area contributed by atoms with E-state index in [1.165, 1.54) is 135 Å². The Morgan fingerprint density at radius 3 is 1.56 bits per heavy atom. The summed E-state index contributed by atoms with van der Waals surface area (Å²) in [6, 6.07) is -2.61. The molecule has 0 aromatic rings. The summed E-state index contributed by atoms with van der Waals surface area (Å²) in [6.07, 6.45) is 9.78.